The number of benzene rings is 3. The molecule has 0 aromatic heterocycles. The monoisotopic (exact) mass is 494 g/mol. The average Bonchev–Trinajstić information content (AvgIpc) is 2.86. The summed E-state index contributed by atoms with van der Waals surface area (Å²) in [6, 6.07) is 23.4. The van der Waals surface area contributed by atoms with Gasteiger partial charge in [0.15, 0.2) is 5.78 Å². The molecule has 0 aliphatic carbocycles. The minimum absolute atomic E-state index is 0.0615. The van der Waals surface area contributed by atoms with Crippen molar-refractivity contribution in [2.24, 2.45) is 0 Å². The second kappa shape index (κ2) is 11.5. The highest BCUT2D eigenvalue weighted by atomic mass is 35.5. The molecule has 1 aliphatic rings. The number of likely N-dealkylation sites (tertiary alicyclic amines) is 1. The molecule has 1 N–H and O–H groups in total. The molecule has 3 aromatic carbocycles. The molecule has 6 heteroatoms. The van der Waals surface area contributed by atoms with E-state index in [1.165, 1.54) is 5.56 Å². The molecule has 3 aromatic rings. The maximum atomic E-state index is 12.8. The van der Waals surface area contributed by atoms with Crippen LogP contribution in [0, 0.1) is 0 Å². The van der Waals surface area contributed by atoms with Crippen LogP contribution in [0.1, 0.15) is 35.4 Å². The first-order chi connectivity index (χ1) is 16.5. The molecule has 1 saturated heterocycles. The van der Waals surface area contributed by atoms with E-state index in [4.69, 9.17) is 23.2 Å². The van der Waals surface area contributed by atoms with E-state index in [2.05, 4.69) is 17.4 Å². The maximum absolute atomic E-state index is 12.8. The van der Waals surface area contributed by atoms with Crippen LogP contribution in [0.15, 0.2) is 72.8 Å². The maximum Gasteiger partial charge on any atom is 0.227 e. The predicted octanol–water partition coefficient (Wildman–Crippen LogP) is 6.17. The number of carbonyl (C=O) groups is 2. The van der Waals surface area contributed by atoms with Crippen LogP contribution >= 0.6 is 23.2 Å². The van der Waals surface area contributed by atoms with Gasteiger partial charge in [-0.25, -0.2) is 0 Å². The Labute approximate surface area is 210 Å². The molecule has 0 radical (unpaired) electrons. The Balaban J connectivity index is 1.25. The number of rotatable bonds is 8. The summed E-state index contributed by atoms with van der Waals surface area (Å²) in [5, 5.41) is 4.23. The van der Waals surface area contributed by atoms with E-state index in [9.17, 15) is 9.59 Å². The van der Waals surface area contributed by atoms with E-state index in [1.807, 2.05) is 47.4 Å². The molecule has 0 spiro atoms. The van der Waals surface area contributed by atoms with Gasteiger partial charge in [-0.2, -0.15) is 0 Å². The number of anilines is 1. The SMILES string of the molecule is O=C(CNc1ccccc1)Cc1ccc(C2CCN(C(=O)Cc3c(Cl)cccc3Cl)CC2)cc1. The van der Waals surface area contributed by atoms with Gasteiger partial charge in [-0.3, -0.25) is 9.59 Å². The quantitative estimate of drug-likeness (QED) is 0.407. The lowest BCUT2D eigenvalue weighted by atomic mass is 9.88. The molecule has 0 bridgehead atoms. The minimum Gasteiger partial charge on any atom is -0.378 e. The van der Waals surface area contributed by atoms with Gasteiger partial charge in [-0.1, -0.05) is 71.7 Å². The van der Waals surface area contributed by atoms with Crippen LogP contribution in [-0.4, -0.2) is 36.2 Å². The number of halogens is 2. The highest BCUT2D eigenvalue weighted by molar-refractivity contribution is 6.36. The average molecular weight is 495 g/mol. The molecule has 1 amide bonds. The lowest BCUT2D eigenvalue weighted by molar-refractivity contribution is -0.131. The van der Waals surface area contributed by atoms with Gasteiger partial charge in [-0.05, 0) is 59.7 Å². The fourth-order valence-electron chi connectivity index (χ4n) is 4.38. The minimum atomic E-state index is 0.0615. The lowest BCUT2D eigenvalue weighted by Crippen LogP contribution is -2.38. The van der Waals surface area contributed by atoms with Gasteiger partial charge in [-0.15, -0.1) is 0 Å². The summed E-state index contributed by atoms with van der Waals surface area (Å²) < 4.78 is 0. The molecule has 1 aliphatic heterocycles. The van der Waals surface area contributed by atoms with Crippen molar-refractivity contribution in [3.63, 3.8) is 0 Å². The van der Waals surface area contributed by atoms with Gasteiger partial charge >= 0.3 is 0 Å². The Morgan fingerprint density at radius 2 is 1.47 bits per heavy atom. The third kappa shape index (κ3) is 6.40. The summed E-state index contributed by atoms with van der Waals surface area (Å²) >= 11 is 12.5. The first-order valence-electron chi connectivity index (χ1n) is 11.6. The smallest absolute Gasteiger partial charge is 0.227 e. The predicted molar refractivity (Wildman–Crippen MR) is 139 cm³/mol. The molecular weight excluding hydrogens is 467 g/mol. The molecule has 34 heavy (non-hydrogen) atoms. The van der Waals surface area contributed by atoms with Gasteiger partial charge in [0.05, 0.1) is 13.0 Å². The number of carbonyl (C=O) groups excluding carboxylic acids is 2. The third-order valence-electron chi connectivity index (χ3n) is 6.35. The molecule has 4 nitrogen and oxygen atoms in total. The van der Waals surface area contributed by atoms with Crippen LogP contribution in [0.5, 0.6) is 0 Å². The molecule has 1 fully saturated rings. The van der Waals surface area contributed by atoms with E-state index < -0.39 is 0 Å². The zero-order valence-electron chi connectivity index (χ0n) is 19.0. The van der Waals surface area contributed by atoms with Crippen LogP contribution < -0.4 is 5.32 Å². The molecule has 4 rings (SSSR count). The fourth-order valence-corrected chi connectivity index (χ4v) is 4.91. The van der Waals surface area contributed by atoms with Crippen molar-refractivity contribution >= 4 is 40.6 Å². The highest BCUT2D eigenvalue weighted by Gasteiger charge is 2.25. The van der Waals surface area contributed by atoms with Crippen molar-refractivity contribution < 1.29 is 9.59 Å². The Morgan fingerprint density at radius 1 is 0.824 bits per heavy atom. The largest absolute Gasteiger partial charge is 0.378 e. The summed E-state index contributed by atoms with van der Waals surface area (Å²) in [5.74, 6) is 0.630. The summed E-state index contributed by atoms with van der Waals surface area (Å²) in [7, 11) is 0. The standard InChI is InChI=1S/C28H28Cl2N2O2/c29-26-7-4-8-27(30)25(26)18-28(34)32-15-13-22(14-16-32)21-11-9-20(10-12-21)17-24(33)19-31-23-5-2-1-3-6-23/h1-12,22,31H,13-19H2. The van der Waals surface area contributed by atoms with Crippen molar-refractivity contribution in [1.82, 2.24) is 4.90 Å². The molecule has 1 heterocycles. The second-order valence-electron chi connectivity index (χ2n) is 8.71. The summed E-state index contributed by atoms with van der Waals surface area (Å²) in [6.45, 7) is 1.76. The number of Topliss-reactive ketones (excluding diaryl/α,β-unsaturated/α-hetero) is 1. The van der Waals surface area contributed by atoms with E-state index in [1.54, 1.807) is 18.2 Å². The number of piperidine rings is 1. The Bertz CT molecular complexity index is 1100. The number of hydrogen-bond donors (Lipinski definition) is 1. The van der Waals surface area contributed by atoms with Crippen LogP contribution in [0.3, 0.4) is 0 Å². The van der Waals surface area contributed by atoms with Crippen LogP contribution in [0.2, 0.25) is 10.0 Å². The van der Waals surface area contributed by atoms with Gasteiger partial charge in [0.25, 0.3) is 0 Å². The summed E-state index contributed by atoms with van der Waals surface area (Å²) in [4.78, 5) is 27.0. The van der Waals surface area contributed by atoms with Crippen LogP contribution in [-0.2, 0) is 22.4 Å². The van der Waals surface area contributed by atoms with Crippen molar-refractivity contribution in [3.8, 4) is 0 Å². The van der Waals surface area contributed by atoms with E-state index >= 15 is 0 Å². The van der Waals surface area contributed by atoms with Crippen molar-refractivity contribution in [2.75, 3.05) is 25.0 Å². The molecular formula is C28H28Cl2N2O2. The molecule has 0 unspecified atom stereocenters. The molecule has 176 valence electrons. The van der Waals surface area contributed by atoms with Crippen molar-refractivity contribution in [1.29, 1.82) is 0 Å². The van der Waals surface area contributed by atoms with Crippen LogP contribution in [0.4, 0.5) is 5.69 Å². The summed E-state index contributed by atoms with van der Waals surface area (Å²) in [5.41, 5.74) is 3.93. The lowest BCUT2D eigenvalue weighted by Gasteiger charge is -2.32. The number of hydrogen-bond acceptors (Lipinski definition) is 3. The van der Waals surface area contributed by atoms with Gasteiger partial charge < -0.3 is 10.2 Å². The molecule has 0 saturated carbocycles. The zero-order chi connectivity index (χ0) is 23.9. The zero-order valence-corrected chi connectivity index (χ0v) is 20.5. The third-order valence-corrected chi connectivity index (χ3v) is 7.06. The molecule has 0 atom stereocenters. The number of para-hydroxylation sites is 1. The number of ketones is 1. The van der Waals surface area contributed by atoms with E-state index in [-0.39, 0.29) is 18.1 Å². The van der Waals surface area contributed by atoms with Crippen LogP contribution in [0.25, 0.3) is 0 Å². The van der Waals surface area contributed by atoms with Gasteiger partial charge in [0.2, 0.25) is 5.91 Å². The Morgan fingerprint density at radius 3 is 2.12 bits per heavy atom. The van der Waals surface area contributed by atoms with Gasteiger partial charge in [0.1, 0.15) is 0 Å². The Hall–Kier alpha value is -2.82. The Kier molecular flexibility index (Phi) is 8.25. The number of amides is 1. The van der Waals surface area contributed by atoms with E-state index in [0.29, 0.717) is 34.5 Å². The van der Waals surface area contributed by atoms with Crippen molar-refractivity contribution in [2.45, 2.75) is 31.6 Å². The first kappa shape index (κ1) is 24.3. The van der Waals surface area contributed by atoms with Crippen molar-refractivity contribution in [3.05, 3.63) is 99.5 Å². The fraction of sp³-hybridized carbons (Fsp3) is 0.286. The number of nitrogens with one attached hydrogen (secondary N) is 1. The summed E-state index contributed by atoms with van der Waals surface area (Å²) in [6.07, 6.45) is 2.48. The number of nitrogens with zero attached hydrogens (tertiary/aromatic N) is 1. The van der Waals surface area contributed by atoms with E-state index in [0.717, 1.165) is 37.2 Å². The second-order valence-corrected chi connectivity index (χ2v) is 9.52. The first-order valence-corrected chi connectivity index (χ1v) is 12.4. The highest BCUT2D eigenvalue weighted by Crippen LogP contribution is 2.30. The topological polar surface area (TPSA) is 49.4 Å². The van der Waals surface area contributed by atoms with Gasteiger partial charge in [0, 0.05) is 35.2 Å². The normalized spacial score (nSPS) is 14.1.